The molecule has 3 nitrogen and oxygen atoms in total. The van der Waals surface area contributed by atoms with Crippen molar-refractivity contribution < 1.29 is 22.7 Å². The lowest BCUT2D eigenvalue weighted by atomic mass is 9.96. The standard InChI is InChI=1S/C21H20F3NO2/c22-21(23,24)18-7-2-1-5-16(18)17-6-3-4-14-11-15(27-20(14)17)12-25-19(26)10-13-8-9-13/h1-7,13,15H,8-12H2,(H,25,26)/t15-/m1/s1. The SMILES string of the molecule is O=C(CC1CC1)NC[C@H]1Cc2cccc(-c3ccccc3C(F)(F)F)c2O1. The second-order valence-electron chi connectivity index (χ2n) is 7.23. The summed E-state index contributed by atoms with van der Waals surface area (Å²) in [6.45, 7) is 0.362. The molecule has 0 radical (unpaired) electrons. The number of rotatable bonds is 5. The van der Waals surface area contributed by atoms with Gasteiger partial charge in [-0.25, -0.2) is 0 Å². The molecule has 1 fully saturated rings. The Labute approximate surface area is 155 Å². The third-order valence-corrected chi connectivity index (χ3v) is 5.05. The fourth-order valence-electron chi connectivity index (χ4n) is 3.51. The molecule has 1 amide bonds. The van der Waals surface area contributed by atoms with Crippen LogP contribution in [0, 0.1) is 5.92 Å². The number of para-hydroxylation sites is 1. The van der Waals surface area contributed by atoms with Gasteiger partial charge in [0.25, 0.3) is 0 Å². The maximum Gasteiger partial charge on any atom is 0.417 e. The average molecular weight is 375 g/mol. The number of amides is 1. The molecule has 27 heavy (non-hydrogen) atoms. The van der Waals surface area contributed by atoms with Gasteiger partial charge in [0, 0.05) is 18.4 Å². The van der Waals surface area contributed by atoms with Crippen LogP contribution in [0.3, 0.4) is 0 Å². The number of benzene rings is 2. The monoisotopic (exact) mass is 375 g/mol. The minimum Gasteiger partial charge on any atom is -0.487 e. The number of fused-ring (bicyclic) bond motifs is 1. The molecular weight excluding hydrogens is 355 g/mol. The fourth-order valence-corrected chi connectivity index (χ4v) is 3.51. The summed E-state index contributed by atoms with van der Waals surface area (Å²) in [5.74, 6) is 1.01. The van der Waals surface area contributed by atoms with Gasteiger partial charge in [0.2, 0.25) is 5.91 Å². The Kier molecular flexibility index (Phi) is 4.58. The lowest BCUT2D eigenvalue weighted by Crippen LogP contribution is -2.34. The van der Waals surface area contributed by atoms with Crippen molar-refractivity contribution in [3.8, 4) is 16.9 Å². The second kappa shape index (κ2) is 6.91. The Morgan fingerprint density at radius 3 is 2.56 bits per heavy atom. The van der Waals surface area contributed by atoms with Crippen molar-refractivity contribution in [3.63, 3.8) is 0 Å². The zero-order chi connectivity index (χ0) is 19.0. The van der Waals surface area contributed by atoms with Gasteiger partial charge < -0.3 is 10.1 Å². The molecule has 0 spiro atoms. The lowest BCUT2D eigenvalue weighted by Gasteiger charge is -2.16. The first-order chi connectivity index (χ1) is 12.9. The number of carbonyl (C=O) groups excluding carboxylic acids is 1. The summed E-state index contributed by atoms with van der Waals surface area (Å²) in [6.07, 6.45) is -1.36. The van der Waals surface area contributed by atoms with E-state index >= 15 is 0 Å². The maximum absolute atomic E-state index is 13.4. The normalized spacial score (nSPS) is 18.7. The highest BCUT2D eigenvalue weighted by Crippen LogP contribution is 2.43. The van der Waals surface area contributed by atoms with Crippen LogP contribution in [0.1, 0.15) is 30.4 Å². The van der Waals surface area contributed by atoms with Crippen LogP contribution in [0.15, 0.2) is 42.5 Å². The Balaban J connectivity index is 1.53. The van der Waals surface area contributed by atoms with Crippen LogP contribution >= 0.6 is 0 Å². The van der Waals surface area contributed by atoms with E-state index < -0.39 is 11.7 Å². The highest BCUT2D eigenvalue weighted by Gasteiger charge is 2.35. The largest absolute Gasteiger partial charge is 0.487 e. The molecular formula is C21H20F3NO2. The fraction of sp³-hybridized carbons (Fsp3) is 0.381. The predicted octanol–water partition coefficient (Wildman–Crippen LogP) is 4.59. The average Bonchev–Trinajstić information content (AvgIpc) is 3.34. The minimum absolute atomic E-state index is 0.0136. The summed E-state index contributed by atoms with van der Waals surface area (Å²) in [6, 6.07) is 10.8. The highest BCUT2D eigenvalue weighted by atomic mass is 19.4. The van der Waals surface area contributed by atoms with Crippen LogP contribution in [-0.2, 0) is 17.4 Å². The topological polar surface area (TPSA) is 38.3 Å². The van der Waals surface area contributed by atoms with Crippen LogP contribution in [0.5, 0.6) is 5.75 Å². The van der Waals surface area contributed by atoms with Gasteiger partial charge in [-0.3, -0.25) is 4.79 Å². The summed E-state index contributed by atoms with van der Waals surface area (Å²) >= 11 is 0. The quantitative estimate of drug-likeness (QED) is 0.830. The number of nitrogens with one attached hydrogen (secondary N) is 1. The maximum atomic E-state index is 13.4. The van der Waals surface area contributed by atoms with Crippen LogP contribution < -0.4 is 10.1 Å². The molecule has 2 aromatic carbocycles. The van der Waals surface area contributed by atoms with Crippen molar-refractivity contribution >= 4 is 5.91 Å². The van der Waals surface area contributed by atoms with E-state index in [9.17, 15) is 18.0 Å². The summed E-state index contributed by atoms with van der Waals surface area (Å²) in [7, 11) is 0. The van der Waals surface area contributed by atoms with Crippen molar-refractivity contribution in [2.45, 2.75) is 38.0 Å². The number of ether oxygens (including phenoxy) is 1. The van der Waals surface area contributed by atoms with E-state index in [1.807, 2.05) is 6.07 Å². The Morgan fingerprint density at radius 2 is 1.81 bits per heavy atom. The second-order valence-corrected chi connectivity index (χ2v) is 7.23. The summed E-state index contributed by atoms with van der Waals surface area (Å²) in [5, 5.41) is 2.88. The minimum atomic E-state index is -4.44. The first-order valence-corrected chi connectivity index (χ1v) is 9.13. The zero-order valence-corrected chi connectivity index (χ0v) is 14.7. The van der Waals surface area contributed by atoms with Gasteiger partial charge >= 0.3 is 6.18 Å². The molecule has 0 bridgehead atoms. The molecule has 142 valence electrons. The van der Waals surface area contributed by atoms with Gasteiger partial charge in [-0.2, -0.15) is 13.2 Å². The van der Waals surface area contributed by atoms with Crippen molar-refractivity contribution in [2.24, 2.45) is 5.92 Å². The molecule has 4 rings (SSSR count). The Hall–Kier alpha value is -2.50. The number of hydrogen-bond donors (Lipinski definition) is 1. The van der Waals surface area contributed by atoms with E-state index in [1.165, 1.54) is 12.1 Å². The van der Waals surface area contributed by atoms with Crippen molar-refractivity contribution in [1.82, 2.24) is 5.32 Å². The molecule has 2 aliphatic rings. The van der Waals surface area contributed by atoms with Crippen molar-refractivity contribution in [2.75, 3.05) is 6.54 Å². The molecule has 0 saturated heterocycles. The molecule has 1 N–H and O–H groups in total. The van der Waals surface area contributed by atoms with Gasteiger partial charge in [-0.15, -0.1) is 0 Å². The van der Waals surface area contributed by atoms with E-state index in [0.29, 0.717) is 36.6 Å². The van der Waals surface area contributed by atoms with E-state index in [4.69, 9.17) is 4.74 Å². The molecule has 0 aromatic heterocycles. The van der Waals surface area contributed by atoms with E-state index in [0.717, 1.165) is 24.5 Å². The third-order valence-electron chi connectivity index (χ3n) is 5.05. The molecule has 2 aromatic rings. The van der Waals surface area contributed by atoms with Crippen molar-refractivity contribution in [1.29, 1.82) is 0 Å². The van der Waals surface area contributed by atoms with Gasteiger partial charge in [-0.05, 0) is 36.0 Å². The molecule has 6 heteroatoms. The number of alkyl halides is 3. The predicted molar refractivity (Wildman–Crippen MR) is 95.4 cm³/mol. The first-order valence-electron chi connectivity index (χ1n) is 9.13. The van der Waals surface area contributed by atoms with Crippen LogP contribution in [0.2, 0.25) is 0 Å². The summed E-state index contributed by atoms with van der Waals surface area (Å²) in [4.78, 5) is 11.9. The smallest absolute Gasteiger partial charge is 0.417 e. The van der Waals surface area contributed by atoms with E-state index in [1.54, 1.807) is 18.2 Å². The van der Waals surface area contributed by atoms with Gasteiger partial charge in [-0.1, -0.05) is 36.4 Å². The highest BCUT2D eigenvalue weighted by molar-refractivity contribution is 5.77. The Bertz CT molecular complexity index is 859. The molecule has 1 heterocycles. The van der Waals surface area contributed by atoms with Gasteiger partial charge in [0.1, 0.15) is 11.9 Å². The molecule has 1 saturated carbocycles. The molecule has 1 aliphatic heterocycles. The zero-order valence-electron chi connectivity index (χ0n) is 14.7. The molecule has 1 atom stereocenters. The number of halogens is 3. The molecule has 0 unspecified atom stereocenters. The van der Waals surface area contributed by atoms with Crippen LogP contribution in [-0.4, -0.2) is 18.6 Å². The summed E-state index contributed by atoms with van der Waals surface area (Å²) < 4.78 is 46.1. The lowest BCUT2D eigenvalue weighted by molar-refractivity contribution is -0.137. The van der Waals surface area contributed by atoms with E-state index in [-0.39, 0.29) is 17.6 Å². The van der Waals surface area contributed by atoms with Crippen LogP contribution in [0.25, 0.3) is 11.1 Å². The van der Waals surface area contributed by atoms with E-state index in [2.05, 4.69) is 5.32 Å². The van der Waals surface area contributed by atoms with Crippen LogP contribution in [0.4, 0.5) is 13.2 Å². The van der Waals surface area contributed by atoms with Gasteiger partial charge in [0.05, 0.1) is 12.1 Å². The van der Waals surface area contributed by atoms with Crippen molar-refractivity contribution in [3.05, 3.63) is 53.6 Å². The number of carbonyl (C=O) groups is 1. The van der Waals surface area contributed by atoms with Gasteiger partial charge in [0.15, 0.2) is 0 Å². The molecule has 1 aliphatic carbocycles. The first kappa shape index (κ1) is 17.9. The summed E-state index contributed by atoms with van der Waals surface area (Å²) in [5.41, 5.74) is 0.738. The Morgan fingerprint density at radius 1 is 1.07 bits per heavy atom. The third kappa shape index (κ3) is 3.94. The number of hydrogen-bond acceptors (Lipinski definition) is 2.